The molecule has 1 aromatic heterocycles. The zero-order chi connectivity index (χ0) is 20.9. The molecule has 0 aliphatic carbocycles. The van der Waals surface area contributed by atoms with Gasteiger partial charge >= 0.3 is 0 Å². The third-order valence-corrected chi connectivity index (χ3v) is 5.23. The van der Waals surface area contributed by atoms with Crippen molar-refractivity contribution in [2.24, 2.45) is 0 Å². The number of carbonyl (C=O) groups excluding carboxylic acids is 1. The lowest BCUT2D eigenvalue weighted by Crippen LogP contribution is -2.20. The molecule has 0 spiro atoms. The van der Waals surface area contributed by atoms with E-state index in [1.54, 1.807) is 24.3 Å². The molecule has 0 saturated heterocycles. The molecule has 1 amide bonds. The van der Waals surface area contributed by atoms with Gasteiger partial charge in [-0.15, -0.1) is 10.2 Å². The van der Waals surface area contributed by atoms with E-state index in [2.05, 4.69) is 26.2 Å². The van der Waals surface area contributed by atoms with Gasteiger partial charge in [0, 0.05) is 24.2 Å². The quantitative estimate of drug-likeness (QED) is 0.701. The summed E-state index contributed by atoms with van der Waals surface area (Å²) in [4.78, 5) is 12.4. The summed E-state index contributed by atoms with van der Waals surface area (Å²) in [6, 6.07) is 14.6. The number of amides is 1. The van der Waals surface area contributed by atoms with Gasteiger partial charge in [-0.05, 0) is 55.7 Å². The van der Waals surface area contributed by atoms with E-state index in [1.165, 1.54) is 6.42 Å². The summed E-state index contributed by atoms with van der Waals surface area (Å²) in [6.45, 7) is 2.76. The maximum atomic E-state index is 12.4. The van der Waals surface area contributed by atoms with Crippen LogP contribution in [-0.2, 0) is 17.8 Å². The summed E-state index contributed by atoms with van der Waals surface area (Å²) >= 11 is 0. The number of nitriles is 1. The van der Waals surface area contributed by atoms with Crippen molar-refractivity contribution in [2.45, 2.75) is 39.2 Å². The summed E-state index contributed by atoms with van der Waals surface area (Å²) in [5.41, 5.74) is 3.17. The zero-order valence-corrected chi connectivity index (χ0v) is 16.9. The van der Waals surface area contributed by atoms with Gasteiger partial charge in [0.1, 0.15) is 11.6 Å². The van der Waals surface area contributed by atoms with E-state index in [4.69, 9.17) is 10.00 Å². The van der Waals surface area contributed by atoms with Gasteiger partial charge in [-0.25, -0.2) is 0 Å². The Hall–Kier alpha value is -3.66. The third-order valence-electron chi connectivity index (χ3n) is 5.23. The molecule has 30 heavy (non-hydrogen) atoms. The number of hydrogen-bond donors (Lipinski definition) is 1. The maximum absolute atomic E-state index is 12.4. The summed E-state index contributed by atoms with van der Waals surface area (Å²) in [5.74, 6) is 2.17. The van der Waals surface area contributed by atoms with Crippen LogP contribution < -0.4 is 10.1 Å². The molecule has 1 N–H and O–H groups in total. The molecule has 0 fully saturated rings. The van der Waals surface area contributed by atoms with Crippen LogP contribution in [-0.4, -0.2) is 27.3 Å². The third kappa shape index (κ3) is 4.33. The minimum atomic E-state index is -0.250. The summed E-state index contributed by atoms with van der Waals surface area (Å²) < 4.78 is 7.71. The molecule has 4 rings (SSSR count). The Balaban J connectivity index is 1.46. The Morgan fingerprint density at radius 2 is 2.00 bits per heavy atom. The Morgan fingerprint density at radius 3 is 2.80 bits per heavy atom. The lowest BCUT2D eigenvalue weighted by Gasteiger charge is -2.12. The van der Waals surface area contributed by atoms with Crippen LogP contribution in [0.5, 0.6) is 5.75 Å². The van der Waals surface area contributed by atoms with Gasteiger partial charge in [0.25, 0.3) is 5.91 Å². The van der Waals surface area contributed by atoms with Crippen LogP contribution >= 0.6 is 0 Å². The number of anilines is 1. The fraction of sp³-hybridized carbons (Fsp3) is 0.304. The van der Waals surface area contributed by atoms with Gasteiger partial charge in [-0.1, -0.05) is 18.6 Å². The first-order valence-electron chi connectivity index (χ1n) is 10.1. The van der Waals surface area contributed by atoms with E-state index in [-0.39, 0.29) is 12.5 Å². The summed E-state index contributed by atoms with van der Waals surface area (Å²) in [7, 11) is 0. The largest absolute Gasteiger partial charge is 0.484 e. The first kappa shape index (κ1) is 19.6. The number of aromatic nitrogens is 3. The Labute approximate surface area is 175 Å². The van der Waals surface area contributed by atoms with Gasteiger partial charge in [0.2, 0.25) is 0 Å². The van der Waals surface area contributed by atoms with Crippen molar-refractivity contribution >= 4 is 11.6 Å². The first-order chi connectivity index (χ1) is 14.6. The molecule has 0 atom stereocenters. The number of fused-ring (bicyclic) bond motifs is 1. The number of carbonyl (C=O) groups is 1. The summed E-state index contributed by atoms with van der Waals surface area (Å²) in [5, 5.41) is 20.5. The Bertz CT molecular complexity index is 1100. The van der Waals surface area contributed by atoms with Crippen molar-refractivity contribution in [1.29, 1.82) is 5.26 Å². The molecule has 1 aliphatic rings. The zero-order valence-electron chi connectivity index (χ0n) is 16.9. The van der Waals surface area contributed by atoms with Gasteiger partial charge in [0.05, 0.1) is 11.6 Å². The van der Waals surface area contributed by atoms with Crippen LogP contribution in [0.1, 0.15) is 36.2 Å². The van der Waals surface area contributed by atoms with E-state index < -0.39 is 0 Å². The van der Waals surface area contributed by atoms with Crippen LogP contribution in [0.2, 0.25) is 0 Å². The van der Waals surface area contributed by atoms with Crippen LogP contribution in [0.15, 0.2) is 42.5 Å². The lowest BCUT2D eigenvalue weighted by atomic mass is 10.1. The minimum absolute atomic E-state index is 0.115. The van der Waals surface area contributed by atoms with Crippen molar-refractivity contribution in [1.82, 2.24) is 14.8 Å². The van der Waals surface area contributed by atoms with Crippen LogP contribution in [0.25, 0.3) is 11.4 Å². The van der Waals surface area contributed by atoms with Gasteiger partial charge in [-0.2, -0.15) is 5.26 Å². The normalized spacial score (nSPS) is 13.1. The molecule has 152 valence electrons. The fourth-order valence-corrected chi connectivity index (χ4v) is 3.56. The average molecular weight is 401 g/mol. The first-order valence-corrected chi connectivity index (χ1v) is 10.1. The number of benzene rings is 2. The second-order valence-electron chi connectivity index (χ2n) is 7.40. The van der Waals surface area contributed by atoms with Gasteiger partial charge in [-0.3, -0.25) is 4.79 Å². The number of nitrogens with zero attached hydrogens (tertiary/aromatic N) is 4. The van der Waals surface area contributed by atoms with Crippen LogP contribution in [0.4, 0.5) is 5.69 Å². The van der Waals surface area contributed by atoms with Crippen molar-refractivity contribution in [3.05, 3.63) is 59.4 Å². The van der Waals surface area contributed by atoms with E-state index >= 15 is 0 Å². The molecule has 2 heterocycles. The summed E-state index contributed by atoms with van der Waals surface area (Å²) in [6.07, 6.45) is 4.43. The highest BCUT2D eigenvalue weighted by Crippen LogP contribution is 2.27. The highest BCUT2D eigenvalue weighted by Gasteiger charge is 2.17. The van der Waals surface area contributed by atoms with E-state index in [0.717, 1.165) is 54.3 Å². The smallest absolute Gasteiger partial charge is 0.262 e. The molecule has 1 aliphatic heterocycles. The maximum Gasteiger partial charge on any atom is 0.262 e. The van der Waals surface area contributed by atoms with Crippen LogP contribution in [0, 0.1) is 18.3 Å². The number of ether oxygens (including phenoxy) is 1. The number of hydrogen-bond acceptors (Lipinski definition) is 5. The SMILES string of the molecule is Cc1ccc(-c2nnc3n2CCCCC3)cc1NC(=O)COc1ccc(C#N)cc1. The number of nitrogens with one attached hydrogen (secondary N) is 1. The standard InChI is InChI=1S/C23H23N5O2/c1-16-6-9-18(23-27-26-21-5-3-2-4-12-28(21)23)13-20(16)25-22(29)15-30-19-10-7-17(14-24)8-11-19/h6-11,13H,2-5,12,15H2,1H3,(H,25,29). The molecule has 0 saturated carbocycles. The molecule has 3 aromatic rings. The van der Waals surface area contributed by atoms with Crippen molar-refractivity contribution in [2.75, 3.05) is 11.9 Å². The molecule has 7 nitrogen and oxygen atoms in total. The predicted octanol–water partition coefficient (Wildman–Crippen LogP) is 3.87. The molecule has 0 unspecified atom stereocenters. The fourth-order valence-electron chi connectivity index (χ4n) is 3.56. The van der Waals surface area contributed by atoms with Crippen molar-refractivity contribution < 1.29 is 9.53 Å². The molecule has 0 radical (unpaired) electrons. The highest BCUT2D eigenvalue weighted by molar-refractivity contribution is 5.93. The monoisotopic (exact) mass is 401 g/mol. The van der Waals surface area contributed by atoms with E-state index in [0.29, 0.717) is 11.3 Å². The average Bonchev–Trinajstić information content (AvgIpc) is 3.02. The second kappa shape index (κ2) is 8.78. The Kier molecular flexibility index (Phi) is 5.75. The molecular weight excluding hydrogens is 378 g/mol. The van der Waals surface area contributed by atoms with Crippen molar-refractivity contribution in [3.8, 4) is 23.2 Å². The predicted molar refractivity (Wildman–Crippen MR) is 113 cm³/mol. The van der Waals surface area contributed by atoms with Crippen molar-refractivity contribution in [3.63, 3.8) is 0 Å². The second-order valence-corrected chi connectivity index (χ2v) is 7.40. The highest BCUT2D eigenvalue weighted by atomic mass is 16.5. The number of aryl methyl sites for hydroxylation is 2. The van der Waals surface area contributed by atoms with E-state index in [9.17, 15) is 4.79 Å². The van der Waals surface area contributed by atoms with E-state index in [1.807, 2.05) is 25.1 Å². The molecule has 7 heteroatoms. The van der Waals surface area contributed by atoms with Crippen LogP contribution in [0.3, 0.4) is 0 Å². The molecule has 0 bridgehead atoms. The topological polar surface area (TPSA) is 92.8 Å². The molecular formula is C23H23N5O2. The number of rotatable bonds is 5. The van der Waals surface area contributed by atoms with Gasteiger partial charge in [0.15, 0.2) is 12.4 Å². The molecule has 2 aromatic carbocycles. The lowest BCUT2D eigenvalue weighted by molar-refractivity contribution is -0.118. The Morgan fingerprint density at radius 1 is 1.17 bits per heavy atom. The minimum Gasteiger partial charge on any atom is -0.484 e. The van der Waals surface area contributed by atoms with Gasteiger partial charge < -0.3 is 14.6 Å².